The number of ether oxygens (including phenoxy) is 2. The molecule has 1 N–H and O–H groups in total. The van der Waals surface area contributed by atoms with Crippen LogP contribution in [-0.2, 0) is 6.54 Å². The Bertz CT molecular complexity index is 868. The van der Waals surface area contributed by atoms with Gasteiger partial charge in [-0.15, -0.1) is 0 Å². The zero-order valence-corrected chi connectivity index (χ0v) is 15.3. The largest absolute Gasteiger partial charge is 0.484 e. The highest BCUT2D eigenvalue weighted by molar-refractivity contribution is 5.35. The molecule has 3 heterocycles. The summed E-state index contributed by atoms with van der Waals surface area (Å²) in [6, 6.07) is 18.2. The maximum atomic E-state index is 5.96. The first-order chi connectivity index (χ1) is 13.3. The zero-order chi connectivity index (χ0) is 18.5. The molecule has 27 heavy (non-hydrogen) atoms. The van der Waals surface area contributed by atoms with Crippen LogP contribution in [0.2, 0.25) is 0 Å². The Labute approximate surface area is 159 Å². The summed E-state index contributed by atoms with van der Waals surface area (Å²) < 4.78 is 11.7. The molecule has 5 heteroatoms. The second-order valence-corrected chi connectivity index (χ2v) is 6.75. The zero-order valence-electron chi connectivity index (χ0n) is 15.3. The lowest BCUT2D eigenvalue weighted by atomic mass is 10.1. The highest BCUT2D eigenvalue weighted by Crippen LogP contribution is 2.33. The molecule has 0 saturated heterocycles. The number of hydrogen-bond acceptors (Lipinski definition) is 5. The van der Waals surface area contributed by atoms with Gasteiger partial charge in [-0.25, -0.2) is 4.98 Å². The number of aromatic nitrogens is 2. The van der Waals surface area contributed by atoms with Crippen LogP contribution in [0.5, 0.6) is 11.6 Å². The smallest absolute Gasteiger partial charge is 0.257 e. The molecular weight excluding hydrogens is 338 g/mol. The molecule has 0 bridgehead atoms. The minimum atomic E-state index is -0.126. The van der Waals surface area contributed by atoms with E-state index in [9.17, 15) is 0 Å². The Morgan fingerprint density at radius 3 is 2.70 bits per heavy atom. The highest BCUT2D eigenvalue weighted by Gasteiger charge is 2.23. The monoisotopic (exact) mass is 361 g/mol. The average Bonchev–Trinajstić information content (AvgIpc) is 2.74. The van der Waals surface area contributed by atoms with E-state index < -0.39 is 0 Å². The third kappa shape index (κ3) is 4.26. The predicted octanol–water partition coefficient (Wildman–Crippen LogP) is 3.88. The Morgan fingerprint density at radius 1 is 1.04 bits per heavy atom. The van der Waals surface area contributed by atoms with Gasteiger partial charge in [-0.3, -0.25) is 4.98 Å². The highest BCUT2D eigenvalue weighted by atomic mass is 16.6. The van der Waals surface area contributed by atoms with E-state index in [0.29, 0.717) is 24.2 Å². The number of hydrogen-bond donors (Lipinski definition) is 1. The Kier molecular flexibility index (Phi) is 5.30. The van der Waals surface area contributed by atoms with Gasteiger partial charge in [-0.1, -0.05) is 37.3 Å². The van der Waals surface area contributed by atoms with Crippen LogP contribution in [0.3, 0.4) is 0 Å². The van der Waals surface area contributed by atoms with Crippen molar-refractivity contribution in [2.24, 2.45) is 0 Å². The summed E-state index contributed by atoms with van der Waals surface area (Å²) in [6.45, 7) is 4.40. The van der Waals surface area contributed by atoms with Crippen molar-refractivity contribution >= 4 is 0 Å². The van der Waals surface area contributed by atoms with Crippen molar-refractivity contribution in [3.05, 3.63) is 83.8 Å². The molecule has 2 unspecified atom stereocenters. The van der Waals surface area contributed by atoms with Crippen LogP contribution < -0.4 is 14.8 Å². The van der Waals surface area contributed by atoms with Gasteiger partial charge < -0.3 is 14.8 Å². The van der Waals surface area contributed by atoms with Crippen LogP contribution in [0.15, 0.2) is 67.0 Å². The number of benzene rings is 1. The molecule has 1 aromatic carbocycles. The molecule has 1 aliphatic heterocycles. The van der Waals surface area contributed by atoms with E-state index >= 15 is 0 Å². The SMILES string of the molecule is CC(CNCc1ccc(C2COc3cccnc3O2)cc1)c1ccccn1. The van der Waals surface area contributed by atoms with Gasteiger partial charge in [-0.05, 0) is 35.4 Å². The van der Waals surface area contributed by atoms with E-state index in [1.54, 1.807) is 6.20 Å². The molecule has 4 rings (SSSR count). The van der Waals surface area contributed by atoms with Crippen LogP contribution in [0.25, 0.3) is 0 Å². The molecule has 0 saturated carbocycles. The molecule has 3 aromatic rings. The number of nitrogens with one attached hydrogen (secondary N) is 1. The van der Waals surface area contributed by atoms with Crippen LogP contribution in [-0.4, -0.2) is 23.1 Å². The van der Waals surface area contributed by atoms with Crippen molar-refractivity contribution in [3.63, 3.8) is 0 Å². The molecule has 0 fully saturated rings. The molecular formula is C22H23N3O2. The van der Waals surface area contributed by atoms with Crippen molar-refractivity contribution in [2.75, 3.05) is 13.2 Å². The standard InChI is InChI=1S/C22H23N3O2/c1-16(19-5-2-3-11-24-19)13-23-14-17-7-9-18(10-8-17)21-15-26-20-6-4-12-25-22(20)27-21/h2-12,16,21,23H,13-15H2,1H3. The van der Waals surface area contributed by atoms with E-state index in [2.05, 4.69) is 52.5 Å². The third-order valence-electron chi connectivity index (χ3n) is 4.70. The van der Waals surface area contributed by atoms with Crippen LogP contribution >= 0.6 is 0 Å². The van der Waals surface area contributed by atoms with Crippen molar-refractivity contribution in [1.82, 2.24) is 15.3 Å². The minimum absolute atomic E-state index is 0.126. The van der Waals surface area contributed by atoms with Gasteiger partial charge in [0.1, 0.15) is 6.61 Å². The Morgan fingerprint density at radius 2 is 1.89 bits per heavy atom. The van der Waals surface area contributed by atoms with E-state index in [-0.39, 0.29) is 6.10 Å². The lowest BCUT2D eigenvalue weighted by Crippen LogP contribution is -2.22. The quantitative estimate of drug-likeness (QED) is 0.722. The van der Waals surface area contributed by atoms with Crippen LogP contribution in [0.4, 0.5) is 0 Å². The molecule has 138 valence electrons. The van der Waals surface area contributed by atoms with Gasteiger partial charge in [0.25, 0.3) is 5.88 Å². The summed E-state index contributed by atoms with van der Waals surface area (Å²) in [5, 5.41) is 3.51. The van der Waals surface area contributed by atoms with Gasteiger partial charge >= 0.3 is 0 Å². The van der Waals surface area contributed by atoms with Crippen molar-refractivity contribution in [2.45, 2.75) is 25.5 Å². The van der Waals surface area contributed by atoms with Crippen LogP contribution in [0.1, 0.15) is 35.8 Å². The molecule has 2 aromatic heterocycles. The molecule has 2 atom stereocenters. The summed E-state index contributed by atoms with van der Waals surface area (Å²) >= 11 is 0. The van der Waals surface area contributed by atoms with E-state index in [4.69, 9.17) is 9.47 Å². The second-order valence-electron chi connectivity index (χ2n) is 6.75. The molecule has 0 aliphatic carbocycles. The van der Waals surface area contributed by atoms with Crippen molar-refractivity contribution in [3.8, 4) is 11.6 Å². The summed E-state index contributed by atoms with van der Waals surface area (Å²) in [5.74, 6) is 1.64. The summed E-state index contributed by atoms with van der Waals surface area (Å²) in [7, 11) is 0. The molecule has 0 spiro atoms. The molecule has 5 nitrogen and oxygen atoms in total. The van der Waals surface area contributed by atoms with E-state index in [1.165, 1.54) is 5.56 Å². The van der Waals surface area contributed by atoms with Crippen molar-refractivity contribution < 1.29 is 9.47 Å². The second kappa shape index (κ2) is 8.18. The molecule has 1 aliphatic rings. The van der Waals surface area contributed by atoms with Gasteiger partial charge in [0.05, 0.1) is 0 Å². The summed E-state index contributed by atoms with van der Waals surface area (Å²) in [6.07, 6.45) is 3.43. The molecule has 0 radical (unpaired) electrons. The maximum Gasteiger partial charge on any atom is 0.257 e. The van der Waals surface area contributed by atoms with Gasteiger partial charge in [0.15, 0.2) is 11.9 Å². The minimum Gasteiger partial charge on any atom is -0.484 e. The lowest BCUT2D eigenvalue weighted by Gasteiger charge is -2.25. The molecule has 0 amide bonds. The fourth-order valence-corrected chi connectivity index (χ4v) is 3.13. The van der Waals surface area contributed by atoms with E-state index in [1.807, 2.05) is 30.5 Å². The van der Waals surface area contributed by atoms with Gasteiger partial charge in [-0.2, -0.15) is 0 Å². The van der Waals surface area contributed by atoms with Crippen molar-refractivity contribution in [1.29, 1.82) is 0 Å². The topological polar surface area (TPSA) is 56.3 Å². The van der Waals surface area contributed by atoms with Gasteiger partial charge in [0.2, 0.25) is 0 Å². The Hall–Kier alpha value is -2.92. The lowest BCUT2D eigenvalue weighted by molar-refractivity contribution is 0.0851. The fourth-order valence-electron chi connectivity index (χ4n) is 3.13. The average molecular weight is 361 g/mol. The fraction of sp³-hybridized carbons (Fsp3) is 0.273. The van der Waals surface area contributed by atoms with E-state index in [0.717, 1.165) is 24.3 Å². The summed E-state index contributed by atoms with van der Waals surface area (Å²) in [5.41, 5.74) is 3.45. The predicted molar refractivity (Wildman–Crippen MR) is 104 cm³/mol. The normalized spacial score (nSPS) is 16.7. The number of pyridine rings is 2. The maximum absolute atomic E-state index is 5.96. The summed E-state index contributed by atoms with van der Waals surface area (Å²) in [4.78, 5) is 8.65. The number of fused-ring (bicyclic) bond motifs is 1. The van der Waals surface area contributed by atoms with Gasteiger partial charge in [0, 0.05) is 37.1 Å². The third-order valence-corrected chi connectivity index (χ3v) is 4.70. The first kappa shape index (κ1) is 17.5. The first-order valence-corrected chi connectivity index (χ1v) is 9.24. The number of nitrogens with zero attached hydrogens (tertiary/aromatic N) is 2. The number of rotatable bonds is 6. The Balaban J connectivity index is 1.30. The first-order valence-electron chi connectivity index (χ1n) is 9.24. The van der Waals surface area contributed by atoms with Crippen LogP contribution in [0, 0.1) is 0 Å².